The highest BCUT2D eigenvalue weighted by Gasteiger charge is 2.31. The Morgan fingerprint density at radius 3 is 1.73 bits per heavy atom. The number of hydrogen-bond acceptors (Lipinski definition) is 2. The molecule has 0 fully saturated rings. The van der Waals surface area contributed by atoms with Crippen molar-refractivity contribution in [3.05, 3.63) is 23.3 Å². The first-order chi connectivity index (χ1) is 9.84. The summed E-state index contributed by atoms with van der Waals surface area (Å²) in [5.41, 5.74) is 1.66. The van der Waals surface area contributed by atoms with Gasteiger partial charge in [-0.15, -0.1) is 0 Å². The van der Waals surface area contributed by atoms with E-state index in [-0.39, 0.29) is 12.8 Å². The average molecular weight is 339 g/mol. The maximum absolute atomic E-state index is 11.4. The molecule has 0 aliphatic carbocycles. The van der Waals surface area contributed by atoms with Crippen LogP contribution in [0.3, 0.4) is 0 Å². The first-order valence-electron chi connectivity index (χ1n) is 7.43. The smallest absolute Gasteiger partial charge is 0.307 e. The third-order valence-electron chi connectivity index (χ3n) is 3.63. The summed E-state index contributed by atoms with van der Waals surface area (Å²) < 4.78 is 0. The van der Waals surface area contributed by atoms with Gasteiger partial charge in [0.15, 0.2) is 0 Å². The van der Waals surface area contributed by atoms with Crippen molar-refractivity contribution in [3.63, 3.8) is 0 Å². The number of carbonyl (C=O) groups is 2. The fraction of sp³-hybridized carbons (Fsp3) is 0.500. The number of aliphatic carboxylic acids is 2. The Morgan fingerprint density at radius 1 is 0.864 bits per heavy atom. The molecule has 1 rings (SSSR count). The zero-order valence-electron chi connectivity index (χ0n) is 14.3. The molecule has 0 atom stereocenters. The first-order valence-corrected chi connectivity index (χ1v) is 14.4. The summed E-state index contributed by atoms with van der Waals surface area (Å²) in [5, 5.41) is 20.7. The van der Waals surface area contributed by atoms with E-state index in [4.69, 9.17) is 5.11 Å². The van der Waals surface area contributed by atoms with Crippen molar-refractivity contribution in [3.8, 4) is 0 Å². The van der Waals surface area contributed by atoms with Gasteiger partial charge in [0.05, 0.1) is 29.0 Å². The number of hydrogen-bond donors (Lipinski definition) is 2. The highest BCUT2D eigenvalue weighted by Crippen LogP contribution is 2.16. The summed E-state index contributed by atoms with van der Waals surface area (Å²) in [7, 11) is -3.58. The van der Waals surface area contributed by atoms with Gasteiger partial charge < -0.3 is 10.2 Å². The van der Waals surface area contributed by atoms with Gasteiger partial charge in [-0.25, -0.2) is 0 Å². The molecule has 0 radical (unpaired) electrons. The van der Waals surface area contributed by atoms with E-state index in [2.05, 4.69) is 39.3 Å². The quantitative estimate of drug-likeness (QED) is 0.778. The van der Waals surface area contributed by atoms with Gasteiger partial charge in [-0.05, 0) is 11.1 Å². The summed E-state index contributed by atoms with van der Waals surface area (Å²) >= 11 is 0. The molecule has 0 heterocycles. The van der Waals surface area contributed by atoms with E-state index < -0.39 is 28.1 Å². The van der Waals surface area contributed by atoms with E-state index in [1.807, 2.05) is 12.1 Å². The molecule has 22 heavy (non-hydrogen) atoms. The Morgan fingerprint density at radius 2 is 1.36 bits per heavy atom. The Labute approximate surface area is 134 Å². The molecular weight excluding hydrogens is 312 g/mol. The van der Waals surface area contributed by atoms with Crippen LogP contribution in [0, 0.1) is 0 Å². The van der Waals surface area contributed by atoms with E-state index >= 15 is 0 Å². The molecule has 0 aromatic heterocycles. The van der Waals surface area contributed by atoms with Crippen LogP contribution in [0.4, 0.5) is 0 Å². The molecule has 0 saturated heterocycles. The van der Waals surface area contributed by atoms with Gasteiger partial charge in [-0.1, -0.05) is 61.8 Å². The molecule has 0 aliphatic heterocycles. The van der Waals surface area contributed by atoms with Crippen LogP contribution in [0.2, 0.25) is 39.3 Å². The molecule has 4 nitrogen and oxygen atoms in total. The lowest BCUT2D eigenvalue weighted by atomic mass is 10.1. The second-order valence-corrected chi connectivity index (χ2v) is 17.8. The van der Waals surface area contributed by atoms with Gasteiger partial charge in [0.25, 0.3) is 0 Å². The van der Waals surface area contributed by atoms with Crippen LogP contribution >= 0.6 is 0 Å². The van der Waals surface area contributed by atoms with E-state index in [9.17, 15) is 14.7 Å². The zero-order valence-corrected chi connectivity index (χ0v) is 16.3. The molecule has 122 valence electrons. The SMILES string of the molecule is C[Si](C)(C)c1ccc(CC(=O)O)c([Si](C)(C)C)c1CC(=O)O. The lowest BCUT2D eigenvalue weighted by Crippen LogP contribution is -2.51. The lowest BCUT2D eigenvalue weighted by molar-refractivity contribution is -0.137. The maximum Gasteiger partial charge on any atom is 0.307 e. The van der Waals surface area contributed by atoms with Gasteiger partial charge in [-0.3, -0.25) is 9.59 Å². The highest BCUT2D eigenvalue weighted by molar-refractivity contribution is 6.92. The minimum absolute atomic E-state index is 0.0212. The monoisotopic (exact) mass is 338 g/mol. The number of carboxylic acids is 2. The van der Waals surface area contributed by atoms with Gasteiger partial charge in [0.2, 0.25) is 0 Å². The molecule has 0 amide bonds. The van der Waals surface area contributed by atoms with E-state index in [0.29, 0.717) is 0 Å². The normalized spacial score (nSPS) is 12.3. The molecule has 1 aromatic rings. The van der Waals surface area contributed by atoms with Crippen molar-refractivity contribution in [1.82, 2.24) is 0 Å². The maximum atomic E-state index is 11.4. The largest absolute Gasteiger partial charge is 0.481 e. The van der Waals surface area contributed by atoms with Crippen LogP contribution in [0.25, 0.3) is 0 Å². The molecule has 6 heteroatoms. The molecule has 1 aromatic carbocycles. The first kappa shape index (κ1) is 18.6. The van der Waals surface area contributed by atoms with Crippen molar-refractivity contribution in [2.75, 3.05) is 0 Å². The van der Waals surface area contributed by atoms with Gasteiger partial charge in [0, 0.05) is 0 Å². The average Bonchev–Trinajstić information content (AvgIpc) is 2.23. The predicted molar refractivity (Wildman–Crippen MR) is 95.1 cm³/mol. The summed E-state index contributed by atoms with van der Waals surface area (Å²) in [5.74, 6) is -1.73. The molecule has 0 unspecified atom stereocenters. The minimum Gasteiger partial charge on any atom is -0.481 e. The Hall–Kier alpha value is -1.41. The standard InChI is InChI=1S/C16H26O4Si2/c1-21(2,3)13-8-7-11(9-14(17)18)16(22(4,5)6)12(13)10-15(19)20/h7-8H,9-10H2,1-6H3,(H,17,18)(H,19,20). The van der Waals surface area contributed by atoms with Gasteiger partial charge >= 0.3 is 11.9 Å². The number of benzene rings is 1. The lowest BCUT2D eigenvalue weighted by Gasteiger charge is -2.30. The minimum atomic E-state index is -1.87. The van der Waals surface area contributed by atoms with E-state index in [1.54, 1.807) is 0 Å². The topological polar surface area (TPSA) is 74.6 Å². The highest BCUT2D eigenvalue weighted by atomic mass is 28.3. The van der Waals surface area contributed by atoms with E-state index in [1.165, 1.54) is 0 Å². The van der Waals surface area contributed by atoms with Crippen molar-refractivity contribution >= 4 is 38.5 Å². The Bertz CT molecular complexity index is 595. The number of carboxylic acid groups (broad SMARTS) is 2. The van der Waals surface area contributed by atoms with Crippen LogP contribution < -0.4 is 10.4 Å². The molecule has 0 aliphatic rings. The molecule has 0 saturated carbocycles. The molecule has 2 N–H and O–H groups in total. The second-order valence-electron chi connectivity index (χ2n) is 7.77. The number of rotatable bonds is 6. The van der Waals surface area contributed by atoms with Crippen LogP contribution in [0.15, 0.2) is 12.1 Å². The van der Waals surface area contributed by atoms with Crippen molar-refractivity contribution in [1.29, 1.82) is 0 Å². The van der Waals surface area contributed by atoms with Crippen LogP contribution in [-0.2, 0) is 22.4 Å². The van der Waals surface area contributed by atoms with Crippen LogP contribution in [-0.4, -0.2) is 38.3 Å². The fourth-order valence-electron chi connectivity index (χ4n) is 2.98. The second kappa shape index (κ2) is 6.38. The Balaban J connectivity index is 3.74. The summed E-state index contributed by atoms with van der Waals surface area (Å²) in [6.45, 7) is 13.0. The molecule has 0 spiro atoms. The Kier molecular flexibility index (Phi) is 5.40. The van der Waals surface area contributed by atoms with Crippen molar-refractivity contribution in [2.45, 2.75) is 52.1 Å². The third kappa shape index (κ3) is 4.54. The zero-order chi connectivity index (χ0) is 17.3. The van der Waals surface area contributed by atoms with Gasteiger partial charge in [0.1, 0.15) is 0 Å². The van der Waals surface area contributed by atoms with Crippen LogP contribution in [0.1, 0.15) is 11.1 Å². The van der Waals surface area contributed by atoms with Gasteiger partial charge in [-0.2, -0.15) is 0 Å². The summed E-state index contributed by atoms with van der Waals surface area (Å²) in [6, 6.07) is 3.87. The summed E-state index contributed by atoms with van der Waals surface area (Å²) in [6.07, 6.45) is -0.0646. The molecular formula is C16H26O4Si2. The van der Waals surface area contributed by atoms with Crippen molar-refractivity contribution < 1.29 is 19.8 Å². The third-order valence-corrected chi connectivity index (χ3v) is 7.83. The van der Waals surface area contributed by atoms with Crippen molar-refractivity contribution in [2.24, 2.45) is 0 Å². The van der Waals surface area contributed by atoms with E-state index in [0.717, 1.165) is 21.5 Å². The molecule has 0 bridgehead atoms. The predicted octanol–water partition coefficient (Wildman–Crippen LogP) is 2.03. The fourth-order valence-corrected chi connectivity index (χ4v) is 7.07. The summed E-state index contributed by atoms with van der Waals surface area (Å²) in [4.78, 5) is 22.5. The van der Waals surface area contributed by atoms with Crippen LogP contribution in [0.5, 0.6) is 0 Å².